The van der Waals surface area contributed by atoms with Gasteiger partial charge in [0.1, 0.15) is 11.8 Å². The van der Waals surface area contributed by atoms with Crippen LogP contribution < -0.4 is 0 Å². The van der Waals surface area contributed by atoms with Gasteiger partial charge in [-0.1, -0.05) is 11.8 Å². The van der Waals surface area contributed by atoms with Crippen LogP contribution in [-0.4, -0.2) is 43.2 Å². The fourth-order valence-corrected chi connectivity index (χ4v) is 2.10. The molecule has 104 valence electrons. The number of thioether (sulfide) groups is 1. The average molecular weight is 285 g/mol. The molecule has 0 aliphatic rings. The Hall–Kier alpha value is -1.44. The Bertz CT molecular complexity index is 465. The number of nitrogens with zero attached hydrogens (tertiary/aromatic N) is 1. The van der Waals surface area contributed by atoms with Crippen LogP contribution in [0, 0.1) is 0 Å². The van der Waals surface area contributed by atoms with Crippen molar-refractivity contribution in [3.8, 4) is 0 Å². The van der Waals surface area contributed by atoms with Gasteiger partial charge in [-0.25, -0.2) is 9.78 Å². The fraction of sp³-hybridized carbons (Fsp3) is 0.417. The molecule has 0 bridgehead atoms. The molecule has 19 heavy (non-hydrogen) atoms. The van der Waals surface area contributed by atoms with Crippen molar-refractivity contribution in [1.29, 1.82) is 0 Å². The summed E-state index contributed by atoms with van der Waals surface area (Å²) in [5.41, 5.74) is 0.0922. The van der Waals surface area contributed by atoms with Gasteiger partial charge in [-0.05, 0) is 24.1 Å². The van der Waals surface area contributed by atoms with Crippen LogP contribution in [0.2, 0.25) is 0 Å². The fourth-order valence-electron chi connectivity index (χ4n) is 1.45. The maximum Gasteiger partial charge on any atom is 0.354 e. The first-order chi connectivity index (χ1) is 8.91. The lowest BCUT2D eigenvalue weighted by Crippen LogP contribution is -2.19. The first-order valence-corrected chi connectivity index (χ1v) is 6.59. The molecule has 0 amide bonds. The van der Waals surface area contributed by atoms with E-state index in [0.29, 0.717) is 5.75 Å². The largest absolute Gasteiger partial charge is 0.477 e. The summed E-state index contributed by atoms with van der Waals surface area (Å²) in [7, 11) is 0. The molecule has 7 heteroatoms. The van der Waals surface area contributed by atoms with E-state index in [0.717, 1.165) is 11.8 Å². The van der Waals surface area contributed by atoms with Crippen LogP contribution in [0.4, 0.5) is 0 Å². The molecular weight excluding hydrogens is 270 g/mol. The van der Waals surface area contributed by atoms with Gasteiger partial charge in [0.15, 0.2) is 5.12 Å². The third kappa shape index (κ3) is 4.98. The highest BCUT2D eigenvalue weighted by atomic mass is 32.2. The summed E-state index contributed by atoms with van der Waals surface area (Å²) in [5, 5.41) is 28.4. The van der Waals surface area contributed by atoms with E-state index >= 15 is 0 Å². The second-order valence-corrected chi connectivity index (χ2v) is 5.19. The number of carboxylic acids is 1. The molecule has 1 aromatic rings. The number of pyridine rings is 1. The second-order valence-electron chi connectivity index (χ2n) is 3.92. The number of aliphatic hydroxyl groups excluding tert-OH is 2. The Balaban J connectivity index is 2.65. The highest BCUT2D eigenvalue weighted by molar-refractivity contribution is 8.13. The number of carbonyl (C=O) groups excluding carboxylic acids is 1. The molecule has 6 nitrogen and oxygen atoms in total. The van der Waals surface area contributed by atoms with E-state index < -0.39 is 18.2 Å². The standard InChI is InChI=1S/C12H15NO5S/c1-7(14)19-5-3-10(15)11(16)8-2-4-13-9(6-8)12(17)18/h2,4,6,10-11,15-16H,3,5H2,1H3,(H,17,18). The summed E-state index contributed by atoms with van der Waals surface area (Å²) in [6.45, 7) is 1.43. The lowest BCUT2D eigenvalue weighted by molar-refractivity contribution is -0.109. The van der Waals surface area contributed by atoms with Crippen LogP contribution in [-0.2, 0) is 4.79 Å². The second kappa shape index (κ2) is 7.22. The number of hydrogen-bond donors (Lipinski definition) is 3. The number of aromatic carboxylic acids is 1. The zero-order valence-electron chi connectivity index (χ0n) is 10.3. The number of aliphatic hydroxyl groups is 2. The van der Waals surface area contributed by atoms with Gasteiger partial charge in [0.25, 0.3) is 0 Å². The van der Waals surface area contributed by atoms with Crippen molar-refractivity contribution < 1.29 is 24.9 Å². The SMILES string of the molecule is CC(=O)SCCC(O)C(O)c1ccnc(C(=O)O)c1. The lowest BCUT2D eigenvalue weighted by atomic mass is 10.0. The Labute approximate surface area is 114 Å². The van der Waals surface area contributed by atoms with Gasteiger partial charge in [-0.15, -0.1) is 0 Å². The van der Waals surface area contributed by atoms with E-state index in [2.05, 4.69) is 4.98 Å². The zero-order chi connectivity index (χ0) is 14.4. The molecule has 1 aromatic heterocycles. The van der Waals surface area contributed by atoms with Gasteiger partial charge in [0.05, 0.1) is 6.10 Å². The number of rotatable bonds is 6. The number of aromatic nitrogens is 1. The van der Waals surface area contributed by atoms with Crippen LogP contribution in [0.5, 0.6) is 0 Å². The maximum absolute atomic E-state index is 10.7. The summed E-state index contributed by atoms with van der Waals surface area (Å²) in [4.78, 5) is 25.1. The summed E-state index contributed by atoms with van der Waals surface area (Å²) < 4.78 is 0. The van der Waals surface area contributed by atoms with Gasteiger partial charge in [0, 0.05) is 18.9 Å². The highest BCUT2D eigenvalue weighted by Gasteiger charge is 2.19. The summed E-state index contributed by atoms with van der Waals surface area (Å²) in [6, 6.07) is 2.66. The van der Waals surface area contributed by atoms with Crippen LogP contribution in [0.1, 0.15) is 35.5 Å². The molecule has 0 aliphatic carbocycles. The molecule has 2 unspecified atom stereocenters. The molecule has 0 spiro atoms. The van der Waals surface area contributed by atoms with Gasteiger partial charge in [0.2, 0.25) is 0 Å². The van der Waals surface area contributed by atoms with Crippen molar-refractivity contribution in [3.05, 3.63) is 29.6 Å². The lowest BCUT2D eigenvalue weighted by Gasteiger charge is -2.17. The third-order valence-electron chi connectivity index (χ3n) is 2.43. The Kier molecular flexibility index (Phi) is 5.94. The smallest absolute Gasteiger partial charge is 0.354 e. The van der Waals surface area contributed by atoms with E-state index in [1.807, 2.05) is 0 Å². The molecule has 0 saturated heterocycles. The predicted molar refractivity (Wildman–Crippen MR) is 69.9 cm³/mol. The molecule has 0 aliphatic heterocycles. The number of carboxylic acid groups (broad SMARTS) is 1. The molecule has 0 aromatic carbocycles. The zero-order valence-corrected chi connectivity index (χ0v) is 11.1. The first kappa shape index (κ1) is 15.6. The minimum Gasteiger partial charge on any atom is -0.477 e. The molecule has 1 rings (SSSR count). The van der Waals surface area contributed by atoms with Crippen molar-refractivity contribution in [3.63, 3.8) is 0 Å². The molecule has 0 fully saturated rings. The van der Waals surface area contributed by atoms with Crippen LogP contribution >= 0.6 is 11.8 Å². The number of carbonyl (C=O) groups is 2. The minimum absolute atomic E-state index is 0.0567. The van der Waals surface area contributed by atoms with E-state index in [4.69, 9.17) is 5.11 Å². The quantitative estimate of drug-likeness (QED) is 0.711. The van der Waals surface area contributed by atoms with E-state index in [9.17, 15) is 19.8 Å². The van der Waals surface area contributed by atoms with Gasteiger partial charge in [-0.3, -0.25) is 4.79 Å². The molecule has 3 N–H and O–H groups in total. The topological polar surface area (TPSA) is 108 Å². The summed E-state index contributed by atoms with van der Waals surface area (Å²) >= 11 is 1.06. The van der Waals surface area contributed by atoms with E-state index in [-0.39, 0.29) is 22.8 Å². The van der Waals surface area contributed by atoms with Crippen molar-refractivity contribution in [2.45, 2.75) is 25.6 Å². The normalized spacial score (nSPS) is 13.8. The van der Waals surface area contributed by atoms with Crippen molar-refractivity contribution in [2.24, 2.45) is 0 Å². The Morgan fingerprint density at radius 1 is 1.42 bits per heavy atom. The van der Waals surface area contributed by atoms with Crippen LogP contribution in [0.15, 0.2) is 18.3 Å². The highest BCUT2D eigenvalue weighted by Crippen LogP contribution is 2.20. The molecular formula is C12H15NO5S. The van der Waals surface area contributed by atoms with Crippen LogP contribution in [0.25, 0.3) is 0 Å². The maximum atomic E-state index is 10.7. The van der Waals surface area contributed by atoms with Gasteiger partial charge in [-0.2, -0.15) is 0 Å². The summed E-state index contributed by atoms with van der Waals surface area (Å²) in [6.07, 6.45) is -0.764. The molecule has 0 saturated carbocycles. The third-order valence-corrected chi connectivity index (χ3v) is 3.27. The Morgan fingerprint density at radius 3 is 2.68 bits per heavy atom. The molecule has 0 radical (unpaired) electrons. The van der Waals surface area contributed by atoms with Gasteiger partial charge < -0.3 is 15.3 Å². The minimum atomic E-state index is -1.20. The monoisotopic (exact) mass is 285 g/mol. The predicted octanol–water partition coefficient (Wildman–Crippen LogP) is 0.844. The van der Waals surface area contributed by atoms with E-state index in [1.54, 1.807) is 0 Å². The average Bonchev–Trinajstić information content (AvgIpc) is 2.37. The molecule has 1 heterocycles. The first-order valence-electron chi connectivity index (χ1n) is 5.60. The van der Waals surface area contributed by atoms with Crippen molar-refractivity contribution in [2.75, 3.05) is 5.75 Å². The number of hydrogen-bond acceptors (Lipinski definition) is 6. The summed E-state index contributed by atoms with van der Waals surface area (Å²) in [5.74, 6) is -0.805. The van der Waals surface area contributed by atoms with Crippen molar-refractivity contribution in [1.82, 2.24) is 4.98 Å². The van der Waals surface area contributed by atoms with Gasteiger partial charge >= 0.3 is 5.97 Å². The Morgan fingerprint density at radius 2 is 2.11 bits per heavy atom. The van der Waals surface area contributed by atoms with E-state index in [1.165, 1.54) is 25.3 Å². The van der Waals surface area contributed by atoms with Crippen LogP contribution in [0.3, 0.4) is 0 Å². The molecule has 2 atom stereocenters. The van der Waals surface area contributed by atoms with Crippen molar-refractivity contribution >= 4 is 22.8 Å².